The van der Waals surface area contributed by atoms with Crippen LogP contribution in [0.25, 0.3) is 0 Å². The number of thiophene rings is 1. The van der Waals surface area contributed by atoms with Crippen molar-refractivity contribution in [2.75, 3.05) is 32.7 Å². The van der Waals surface area contributed by atoms with Gasteiger partial charge in [-0.25, -0.2) is 8.42 Å². The molecule has 2 N–H and O–H groups in total. The third-order valence-corrected chi connectivity index (χ3v) is 8.06. The average Bonchev–Trinajstić information content (AvgIpc) is 3.16. The predicted octanol–water partition coefficient (Wildman–Crippen LogP) is -0.0545. The molecule has 1 aliphatic rings. The molecule has 1 aliphatic heterocycles. The Kier molecular flexibility index (Phi) is 6.63. The highest BCUT2D eigenvalue weighted by Crippen LogP contribution is 2.20. The van der Waals surface area contributed by atoms with Crippen LogP contribution in [-0.2, 0) is 14.8 Å². The van der Waals surface area contributed by atoms with Gasteiger partial charge in [-0.2, -0.15) is 4.31 Å². The van der Waals surface area contributed by atoms with Crippen molar-refractivity contribution in [2.45, 2.75) is 36.4 Å². The maximum Gasteiger partial charge on any atom is 0.276 e. The quantitative estimate of drug-likeness (QED) is 0.648. The standard InChI is InChI=1S/C17H25N3O3S2/c1-4-17(5-2,6-3)18-15(21)14-19-9-11-20(12-10-19)25(22,23)16-8-7-13-24-16/h1,7-8,13H,5-6,9-12,14H2,2-3H3,(H,18,21)/p+1. The van der Waals surface area contributed by atoms with Crippen LogP contribution >= 0.6 is 11.3 Å². The number of piperazine rings is 1. The molecule has 1 saturated heterocycles. The van der Waals surface area contributed by atoms with Gasteiger partial charge in [0.2, 0.25) is 0 Å². The Balaban J connectivity index is 1.89. The molecule has 8 heteroatoms. The van der Waals surface area contributed by atoms with E-state index >= 15 is 0 Å². The van der Waals surface area contributed by atoms with Gasteiger partial charge in [0.1, 0.15) is 9.75 Å². The minimum Gasteiger partial charge on any atom is -0.335 e. The molecule has 0 aromatic carbocycles. The lowest BCUT2D eigenvalue weighted by Gasteiger charge is -2.32. The fraction of sp³-hybridized carbons (Fsp3) is 0.588. The molecule has 2 heterocycles. The first-order chi connectivity index (χ1) is 11.9. The average molecular weight is 385 g/mol. The number of terminal acetylenes is 1. The molecule has 25 heavy (non-hydrogen) atoms. The van der Waals surface area contributed by atoms with Crippen LogP contribution in [0.5, 0.6) is 0 Å². The summed E-state index contributed by atoms with van der Waals surface area (Å²) in [4.78, 5) is 13.4. The number of sulfonamides is 1. The summed E-state index contributed by atoms with van der Waals surface area (Å²) in [6, 6.07) is 3.37. The van der Waals surface area contributed by atoms with Crippen LogP contribution in [0.1, 0.15) is 26.7 Å². The first-order valence-corrected chi connectivity index (χ1v) is 10.8. The number of nitrogens with one attached hydrogen (secondary N) is 2. The molecular weight excluding hydrogens is 358 g/mol. The summed E-state index contributed by atoms with van der Waals surface area (Å²) in [5.74, 6) is 2.62. The van der Waals surface area contributed by atoms with Crippen LogP contribution in [0, 0.1) is 12.3 Å². The van der Waals surface area contributed by atoms with Crippen molar-refractivity contribution in [2.24, 2.45) is 0 Å². The number of carbonyl (C=O) groups excluding carboxylic acids is 1. The second-order valence-corrected chi connectivity index (χ2v) is 9.36. The van der Waals surface area contributed by atoms with Crippen molar-refractivity contribution < 1.29 is 18.1 Å². The fourth-order valence-electron chi connectivity index (χ4n) is 2.96. The second-order valence-electron chi connectivity index (χ2n) is 6.24. The number of hydrogen-bond acceptors (Lipinski definition) is 4. The summed E-state index contributed by atoms with van der Waals surface area (Å²) in [6.07, 6.45) is 6.96. The highest BCUT2D eigenvalue weighted by atomic mass is 32.2. The van der Waals surface area contributed by atoms with Gasteiger partial charge in [0.05, 0.1) is 26.2 Å². The van der Waals surface area contributed by atoms with Crippen LogP contribution in [-0.4, -0.2) is 56.9 Å². The maximum absolute atomic E-state index is 12.5. The van der Waals surface area contributed by atoms with Crippen LogP contribution in [0.4, 0.5) is 0 Å². The van der Waals surface area contributed by atoms with Crippen LogP contribution in [0.3, 0.4) is 0 Å². The number of hydrogen-bond donors (Lipinski definition) is 2. The van der Waals surface area contributed by atoms with E-state index in [-0.39, 0.29) is 5.91 Å². The largest absolute Gasteiger partial charge is 0.335 e. The molecule has 1 amide bonds. The molecule has 0 bridgehead atoms. The Morgan fingerprint density at radius 1 is 1.40 bits per heavy atom. The van der Waals surface area contributed by atoms with Gasteiger partial charge in [-0.3, -0.25) is 4.79 Å². The zero-order chi connectivity index (χ0) is 18.5. The van der Waals surface area contributed by atoms with Gasteiger partial charge >= 0.3 is 0 Å². The van der Waals surface area contributed by atoms with E-state index in [1.807, 2.05) is 13.8 Å². The van der Waals surface area contributed by atoms with Gasteiger partial charge in [0, 0.05) is 0 Å². The molecule has 1 fully saturated rings. The minimum atomic E-state index is -3.40. The minimum absolute atomic E-state index is 0.0776. The van der Waals surface area contributed by atoms with E-state index in [0.717, 1.165) is 4.90 Å². The van der Waals surface area contributed by atoms with E-state index in [9.17, 15) is 13.2 Å². The lowest BCUT2D eigenvalue weighted by molar-refractivity contribution is -0.895. The predicted molar refractivity (Wildman–Crippen MR) is 98.9 cm³/mol. The maximum atomic E-state index is 12.5. The van der Waals surface area contributed by atoms with Crippen molar-refractivity contribution >= 4 is 27.3 Å². The number of quaternary nitrogens is 1. The Labute approximate surface area is 154 Å². The first-order valence-electron chi connectivity index (χ1n) is 8.53. The Morgan fingerprint density at radius 3 is 2.52 bits per heavy atom. The van der Waals surface area contributed by atoms with Crippen molar-refractivity contribution in [3.05, 3.63) is 17.5 Å². The normalized spacial score (nSPS) is 17.2. The zero-order valence-corrected chi connectivity index (χ0v) is 16.4. The van der Waals surface area contributed by atoms with E-state index in [0.29, 0.717) is 49.8 Å². The molecule has 1 aromatic heterocycles. The highest BCUT2D eigenvalue weighted by molar-refractivity contribution is 7.91. The monoisotopic (exact) mass is 384 g/mol. The van der Waals surface area contributed by atoms with Crippen molar-refractivity contribution in [3.8, 4) is 12.3 Å². The van der Waals surface area contributed by atoms with Crippen molar-refractivity contribution in [1.29, 1.82) is 0 Å². The summed E-state index contributed by atoms with van der Waals surface area (Å²) >= 11 is 1.23. The molecular formula is C17H26N3O3S2+. The highest BCUT2D eigenvalue weighted by Gasteiger charge is 2.33. The third kappa shape index (κ3) is 4.61. The van der Waals surface area contributed by atoms with Gasteiger partial charge in [0.15, 0.2) is 6.54 Å². The molecule has 0 atom stereocenters. The van der Waals surface area contributed by atoms with Crippen LogP contribution in [0.2, 0.25) is 0 Å². The number of nitrogens with zero attached hydrogens (tertiary/aromatic N) is 1. The molecule has 0 unspecified atom stereocenters. The van der Waals surface area contributed by atoms with Gasteiger partial charge in [-0.05, 0) is 24.3 Å². The van der Waals surface area contributed by atoms with Crippen molar-refractivity contribution in [1.82, 2.24) is 9.62 Å². The van der Waals surface area contributed by atoms with Crippen molar-refractivity contribution in [3.63, 3.8) is 0 Å². The molecule has 0 aliphatic carbocycles. The summed E-state index contributed by atoms with van der Waals surface area (Å²) < 4.78 is 26.9. The SMILES string of the molecule is C#CC(CC)(CC)NC(=O)C[NH+]1CCN(S(=O)(=O)c2cccs2)CC1. The van der Waals surface area contributed by atoms with Crippen LogP contribution in [0.15, 0.2) is 21.7 Å². The van der Waals surface area contributed by atoms with E-state index in [1.54, 1.807) is 17.5 Å². The summed E-state index contributed by atoms with van der Waals surface area (Å²) in [6.45, 7) is 6.31. The van der Waals surface area contributed by atoms with Gasteiger partial charge < -0.3 is 10.2 Å². The lowest BCUT2D eigenvalue weighted by Crippen LogP contribution is -3.16. The number of carbonyl (C=O) groups is 1. The molecule has 2 rings (SSSR count). The van der Waals surface area contributed by atoms with Crippen LogP contribution < -0.4 is 10.2 Å². The molecule has 0 radical (unpaired) electrons. The second kappa shape index (κ2) is 8.32. The van der Waals surface area contributed by atoms with Gasteiger partial charge in [-0.15, -0.1) is 17.8 Å². The summed E-state index contributed by atoms with van der Waals surface area (Å²) in [5, 5.41) is 4.73. The zero-order valence-electron chi connectivity index (χ0n) is 14.7. The molecule has 0 spiro atoms. The Bertz CT molecular complexity index is 711. The van der Waals surface area contributed by atoms with E-state index in [2.05, 4.69) is 11.2 Å². The summed E-state index contributed by atoms with van der Waals surface area (Å²) in [5.41, 5.74) is -0.582. The number of amides is 1. The van der Waals surface area contributed by atoms with E-state index in [4.69, 9.17) is 6.42 Å². The lowest BCUT2D eigenvalue weighted by atomic mass is 9.94. The van der Waals surface area contributed by atoms with E-state index in [1.165, 1.54) is 15.6 Å². The van der Waals surface area contributed by atoms with E-state index < -0.39 is 15.6 Å². The van der Waals surface area contributed by atoms with Gasteiger partial charge in [0.25, 0.3) is 15.9 Å². The smallest absolute Gasteiger partial charge is 0.276 e. The summed E-state index contributed by atoms with van der Waals surface area (Å²) in [7, 11) is -3.40. The fourth-order valence-corrected chi connectivity index (χ4v) is 5.55. The van der Waals surface area contributed by atoms with Gasteiger partial charge in [-0.1, -0.05) is 25.8 Å². The Hall–Kier alpha value is -1.40. The topological polar surface area (TPSA) is 70.9 Å². The first kappa shape index (κ1) is 19.9. The third-order valence-electron chi connectivity index (χ3n) is 4.79. The molecule has 6 nitrogen and oxygen atoms in total. The molecule has 0 saturated carbocycles. The Morgan fingerprint density at radius 2 is 2.04 bits per heavy atom. The molecule has 1 aromatic rings. The molecule has 138 valence electrons. The number of rotatable bonds is 7.